The number of hydrogen-bond donors (Lipinski definition) is 1. The van der Waals surface area contributed by atoms with Crippen molar-refractivity contribution in [3.05, 3.63) is 85.5 Å². The number of aliphatic hydroxyl groups excluding tert-OH is 1. The number of ether oxygens (including phenoxy) is 1. The number of hydrogen-bond acceptors (Lipinski definition) is 9. The van der Waals surface area contributed by atoms with Gasteiger partial charge >= 0.3 is 5.97 Å². The average molecular weight is 538 g/mol. The first kappa shape index (κ1) is 26.4. The van der Waals surface area contributed by atoms with Gasteiger partial charge in [-0.3, -0.25) is 14.5 Å². The molecule has 0 aliphatic carbocycles. The van der Waals surface area contributed by atoms with Crippen LogP contribution in [0.4, 0.5) is 5.13 Å². The quantitative estimate of drug-likeness (QED) is 0.221. The maximum atomic E-state index is 13.7. The van der Waals surface area contributed by atoms with Crippen LogP contribution >= 0.6 is 22.7 Å². The predicted molar refractivity (Wildman–Crippen MR) is 144 cm³/mol. The number of ketones is 1. The number of nitrogens with zero attached hydrogens (tertiary/aromatic N) is 3. The molecule has 8 nitrogen and oxygen atoms in total. The molecule has 3 heterocycles. The van der Waals surface area contributed by atoms with Crippen LogP contribution in [0, 0.1) is 20.8 Å². The van der Waals surface area contributed by atoms with Crippen LogP contribution in [-0.4, -0.2) is 39.3 Å². The molecule has 1 unspecified atom stereocenters. The Hall–Kier alpha value is -3.63. The Morgan fingerprint density at radius 2 is 1.76 bits per heavy atom. The van der Waals surface area contributed by atoms with Gasteiger partial charge in [0.05, 0.1) is 32.9 Å². The van der Waals surface area contributed by atoms with Crippen molar-refractivity contribution in [2.24, 2.45) is 0 Å². The standard InChI is InChI=1S/C27H27N3O5S2/c1-7-12-35-26(34)24-15(5)29-27(37-24)30-20(18-10-8-17(9-11-18)13(2)3)19(22(32)25(30)33)21(31)23-14(4)28-16(6)36-23/h7-11,13,20,32H,1,12H2,2-6H3. The van der Waals surface area contributed by atoms with Crippen LogP contribution in [0.3, 0.4) is 0 Å². The molecule has 1 N–H and O–H groups in total. The molecule has 1 atom stereocenters. The van der Waals surface area contributed by atoms with Gasteiger partial charge in [-0.15, -0.1) is 11.3 Å². The Bertz CT molecular complexity index is 1430. The fourth-order valence-corrected chi connectivity index (χ4v) is 6.01. The SMILES string of the molecule is C=CCOC(=O)c1sc(N2C(=O)C(O)=C(C(=O)c3sc(C)nc3C)C2c2ccc(C(C)C)cc2)nc1C. The van der Waals surface area contributed by atoms with E-state index < -0.39 is 29.5 Å². The minimum Gasteiger partial charge on any atom is -0.503 e. The van der Waals surface area contributed by atoms with Crippen LogP contribution in [0.15, 0.2) is 48.3 Å². The van der Waals surface area contributed by atoms with Crippen LogP contribution in [0.5, 0.6) is 0 Å². The summed E-state index contributed by atoms with van der Waals surface area (Å²) in [6.45, 7) is 12.9. The molecule has 0 saturated carbocycles. The van der Waals surface area contributed by atoms with E-state index in [1.165, 1.54) is 22.3 Å². The molecule has 1 amide bonds. The van der Waals surface area contributed by atoms with Crippen molar-refractivity contribution in [2.45, 2.75) is 46.6 Å². The molecule has 0 bridgehead atoms. The maximum Gasteiger partial charge on any atom is 0.350 e. The first-order chi connectivity index (χ1) is 17.5. The van der Waals surface area contributed by atoms with E-state index in [0.717, 1.165) is 16.9 Å². The summed E-state index contributed by atoms with van der Waals surface area (Å²) in [5, 5.41) is 11.9. The minimum atomic E-state index is -0.939. The van der Waals surface area contributed by atoms with Gasteiger partial charge in [0.15, 0.2) is 10.9 Å². The van der Waals surface area contributed by atoms with E-state index in [-0.39, 0.29) is 28.1 Å². The van der Waals surface area contributed by atoms with Crippen molar-refractivity contribution < 1.29 is 24.2 Å². The van der Waals surface area contributed by atoms with E-state index in [1.807, 2.05) is 24.3 Å². The molecule has 2 aromatic heterocycles. The van der Waals surface area contributed by atoms with Gasteiger partial charge in [0, 0.05) is 0 Å². The molecular weight excluding hydrogens is 510 g/mol. The smallest absolute Gasteiger partial charge is 0.350 e. The largest absolute Gasteiger partial charge is 0.503 e. The molecule has 0 radical (unpaired) electrons. The summed E-state index contributed by atoms with van der Waals surface area (Å²) in [5.41, 5.74) is 2.59. The number of Topliss-reactive ketones (excluding diaryl/α,β-unsaturated/α-hetero) is 1. The summed E-state index contributed by atoms with van der Waals surface area (Å²) in [5.74, 6) is -2.17. The predicted octanol–water partition coefficient (Wildman–Crippen LogP) is 5.77. The number of thiazole rings is 2. The molecule has 0 saturated heterocycles. The monoisotopic (exact) mass is 537 g/mol. The summed E-state index contributed by atoms with van der Waals surface area (Å²) in [4.78, 5) is 50.4. The fourth-order valence-electron chi connectivity index (χ4n) is 4.15. The summed E-state index contributed by atoms with van der Waals surface area (Å²) in [6.07, 6.45) is 1.46. The molecule has 0 fully saturated rings. The molecule has 3 aromatic rings. The van der Waals surface area contributed by atoms with Crippen molar-refractivity contribution in [1.29, 1.82) is 0 Å². The van der Waals surface area contributed by atoms with Gasteiger partial charge in [-0.25, -0.2) is 14.8 Å². The molecule has 1 aromatic carbocycles. The lowest BCUT2D eigenvalue weighted by atomic mass is 9.93. The zero-order valence-electron chi connectivity index (χ0n) is 21.2. The molecule has 1 aliphatic heterocycles. The number of amides is 1. The third kappa shape index (κ3) is 4.86. The Balaban J connectivity index is 1.84. The third-order valence-electron chi connectivity index (χ3n) is 5.99. The summed E-state index contributed by atoms with van der Waals surface area (Å²) in [6, 6.07) is 6.62. The molecule has 1 aliphatic rings. The van der Waals surface area contributed by atoms with E-state index in [9.17, 15) is 19.5 Å². The van der Waals surface area contributed by atoms with Crippen molar-refractivity contribution >= 4 is 45.5 Å². The Labute approximate surface area is 223 Å². The molecule has 0 spiro atoms. The summed E-state index contributed by atoms with van der Waals surface area (Å²) in [7, 11) is 0. The van der Waals surface area contributed by atoms with E-state index in [0.29, 0.717) is 26.8 Å². The first-order valence-corrected chi connectivity index (χ1v) is 13.3. The number of aliphatic hydroxyl groups is 1. The lowest BCUT2D eigenvalue weighted by molar-refractivity contribution is -0.117. The Morgan fingerprint density at radius 3 is 2.32 bits per heavy atom. The summed E-state index contributed by atoms with van der Waals surface area (Å²) >= 11 is 2.18. The van der Waals surface area contributed by atoms with E-state index in [1.54, 1.807) is 20.8 Å². The van der Waals surface area contributed by atoms with Crippen molar-refractivity contribution in [3.8, 4) is 0 Å². The topological polar surface area (TPSA) is 110 Å². The highest BCUT2D eigenvalue weighted by atomic mass is 32.1. The molecule has 4 rings (SSSR count). The van der Waals surface area contributed by atoms with Crippen LogP contribution in [0.1, 0.15) is 72.7 Å². The molecule has 10 heteroatoms. The van der Waals surface area contributed by atoms with E-state index >= 15 is 0 Å². The summed E-state index contributed by atoms with van der Waals surface area (Å²) < 4.78 is 5.15. The molecular formula is C27H27N3O5S2. The van der Waals surface area contributed by atoms with Gasteiger partial charge < -0.3 is 9.84 Å². The normalized spacial score (nSPS) is 15.6. The average Bonchev–Trinajstić information content (AvgIpc) is 3.49. The lowest BCUT2D eigenvalue weighted by Crippen LogP contribution is -2.31. The zero-order chi connectivity index (χ0) is 27.0. The lowest BCUT2D eigenvalue weighted by Gasteiger charge is -2.24. The second kappa shape index (κ2) is 10.4. The number of aryl methyl sites for hydroxylation is 3. The number of rotatable bonds is 8. The van der Waals surface area contributed by atoms with Crippen molar-refractivity contribution in [2.75, 3.05) is 11.5 Å². The van der Waals surface area contributed by atoms with E-state index in [4.69, 9.17) is 4.74 Å². The van der Waals surface area contributed by atoms with Crippen LogP contribution < -0.4 is 4.90 Å². The zero-order valence-corrected chi connectivity index (χ0v) is 22.8. The Morgan fingerprint density at radius 1 is 1.11 bits per heavy atom. The number of carbonyl (C=O) groups excluding carboxylic acids is 3. The number of aromatic nitrogens is 2. The highest BCUT2D eigenvalue weighted by molar-refractivity contribution is 7.17. The van der Waals surface area contributed by atoms with Gasteiger partial charge in [-0.1, -0.05) is 62.1 Å². The maximum absolute atomic E-state index is 13.7. The highest BCUT2D eigenvalue weighted by Crippen LogP contribution is 2.44. The number of anilines is 1. The second-order valence-electron chi connectivity index (χ2n) is 8.94. The molecule has 37 heavy (non-hydrogen) atoms. The number of esters is 1. The second-order valence-corrected chi connectivity index (χ2v) is 11.1. The van der Waals surface area contributed by atoms with Gasteiger partial charge in [0.1, 0.15) is 11.5 Å². The molecule has 192 valence electrons. The minimum absolute atomic E-state index is 0.0353. The van der Waals surface area contributed by atoms with Crippen LogP contribution in [-0.2, 0) is 9.53 Å². The van der Waals surface area contributed by atoms with E-state index in [2.05, 4.69) is 30.4 Å². The van der Waals surface area contributed by atoms with Gasteiger partial charge in [0.25, 0.3) is 5.91 Å². The number of benzene rings is 1. The first-order valence-electron chi connectivity index (χ1n) is 11.7. The third-order valence-corrected chi connectivity index (χ3v) is 8.20. The van der Waals surface area contributed by atoms with Crippen LogP contribution in [0.25, 0.3) is 0 Å². The van der Waals surface area contributed by atoms with Gasteiger partial charge in [-0.2, -0.15) is 0 Å². The van der Waals surface area contributed by atoms with Crippen molar-refractivity contribution in [1.82, 2.24) is 9.97 Å². The van der Waals surface area contributed by atoms with Crippen molar-refractivity contribution in [3.63, 3.8) is 0 Å². The fraction of sp³-hybridized carbons (Fsp3) is 0.296. The number of carbonyl (C=O) groups is 3. The highest BCUT2D eigenvalue weighted by Gasteiger charge is 2.46. The van der Waals surface area contributed by atoms with Gasteiger partial charge in [-0.05, 0) is 37.8 Å². The van der Waals surface area contributed by atoms with Crippen LogP contribution in [0.2, 0.25) is 0 Å². The van der Waals surface area contributed by atoms with Gasteiger partial charge in [0.2, 0.25) is 5.78 Å². The Kier molecular flexibility index (Phi) is 7.42.